The monoisotopic (exact) mass is 375 g/mol. The molecule has 7 heteroatoms. The van der Waals surface area contributed by atoms with Crippen molar-refractivity contribution in [2.24, 2.45) is 0 Å². The molecule has 6 nitrogen and oxygen atoms in total. The molecule has 0 aromatic carbocycles. The van der Waals surface area contributed by atoms with E-state index in [0.29, 0.717) is 25.0 Å². The van der Waals surface area contributed by atoms with Crippen LogP contribution in [0.15, 0.2) is 24.8 Å². The van der Waals surface area contributed by atoms with E-state index in [1.165, 1.54) is 0 Å². The highest BCUT2D eigenvalue weighted by molar-refractivity contribution is 7.46. The fraction of sp³-hybridized carbons (Fsp3) is 0.722. The van der Waals surface area contributed by atoms with Gasteiger partial charge in [0.15, 0.2) is 0 Å². The molecule has 0 heterocycles. The van der Waals surface area contributed by atoms with Gasteiger partial charge in [0.1, 0.15) is 0 Å². The minimum Gasteiger partial charge on any atom is -0.339 e. The first-order valence-electron chi connectivity index (χ1n) is 9.09. The van der Waals surface area contributed by atoms with Gasteiger partial charge in [0.2, 0.25) is 5.91 Å². The van der Waals surface area contributed by atoms with Crippen LogP contribution >= 0.6 is 7.82 Å². The first-order chi connectivity index (χ1) is 11.8. The van der Waals surface area contributed by atoms with E-state index in [0.717, 1.165) is 51.5 Å². The summed E-state index contributed by atoms with van der Waals surface area (Å²) in [5.41, 5.74) is 0.654. The zero-order valence-corrected chi connectivity index (χ0v) is 16.4. The molecule has 2 N–H and O–H groups in total. The number of carbonyl (C=O) groups is 1. The second kappa shape index (κ2) is 14.3. The van der Waals surface area contributed by atoms with Crippen LogP contribution in [0.5, 0.6) is 0 Å². The maximum Gasteiger partial charge on any atom is 0.469 e. The molecule has 146 valence electrons. The molecule has 25 heavy (non-hydrogen) atoms. The van der Waals surface area contributed by atoms with E-state index in [-0.39, 0.29) is 12.5 Å². The Kier molecular flexibility index (Phi) is 13.7. The van der Waals surface area contributed by atoms with Crippen molar-refractivity contribution in [1.29, 1.82) is 0 Å². The van der Waals surface area contributed by atoms with Crippen LogP contribution in [-0.4, -0.2) is 40.3 Å². The first-order valence-corrected chi connectivity index (χ1v) is 10.6. The van der Waals surface area contributed by atoms with Gasteiger partial charge >= 0.3 is 7.82 Å². The molecule has 0 unspecified atom stereocenters. The molecule has 0 aliphatic rings. The molecular formula is C18H34NO5P. The molecule has 0 bridgehead atoms. The van der Waals surface area contributed by atoms with Crippen molar-refractivity contribution in [3.63, 3.8) is 0 Å². The average Bonchev–Trinajstić information content (AvgIpc) is 2.56. The van der Waals surface area contributed by atoms with Crippen LogP contribution in [-0.2, 0) is 13.9 Å². The summed E-state index contributed by atoms with van der Waals surface area (Å²) >= 11 is 0. The van der Waals surface area contributed by atoms with Gasteiger partial charge in [-0.15, -0.1) is 6.58 Å². The lowest BCUT2D eigenvalue weighted by Gasteiger charge is -2.23. The Balaban J connectivity index is 3.77. The van der Waals surface area contributed by atoms with Gasteiger partial charge in [-0.2, -0.15) is 0 Å². The van der Waals surface area contributed by atoms with Crippen LogP contribution in [0, 0.1) is 0 Å². The number of hydrogen-bond acceptors (Lipinski definition) is 3. The van der Waals surface area contributed by atoms with Gasteiger partial charge in [0.25, 0.3) is 0 Å². The van der Waals surface area contributed by atoms with E-state index < -0.39 is 7.82 Å². The van der Waals surface area contributed by atoms with Gasteiger partial charge in [-0.05, 0) is 25.7 Å². The Labute approximate surface area is 152 Å². The molecule has 0 saturated carbocycles. The maximum atomic E-state index is 12.2. The van der Waals surface area contributed by atoms with Crippen molar-refractivity contribution >= 4 is 13.7 Å². The molecule has 0 saturated heterocycles. The Bertz CT molecular complexity index is 447. The number of unbranched alkanes of at least 4 members (excludes halogenated alkanes) is 6. The number of amides is 1. The summed E-state index contributed by atoms with van der Waals surface area (Å²) in [6, 6.07) is 0. The van der Waals surface area contributed by atoms with Crippen LogP contribution in [0.4, 0.5) is 0 Å². The van der Waals surface area contributed by atoms with Crippen LogP contribution in [0.25, 0.3) is 0 Å². The van der Waals surface area contributed by atoms with Gasteiger partial charge < -0.3 is 14.7 Å². The maximum absolute atomic E-state index is 12.2. The molecule has 1 amide bonds. The van der Waals surface area contributed by atoms with Crippen LogP contribution in [0.3, 0.4) is 0 Å². The van der Waals surface area contributed by atoms with Gasteiger partial charge in [-0.25, -0.2) is 4.57 Å². The summed E-state index contributed by atoms with van der Waals surface area (Å²) in [6.45, 7) is 11.0. The van der Waals surface area contributed by atoms with Crippen molar-refractivity contribution in [2.75, 3.05) is 19.7 Å². The van der Waals surface area contributed by atoms with E-state index in [1.54, 1.807) is 0 Å². The molecule has 0 radical (unpaired) electrons. The number of hydrogen-bond donors (Lipinski definition) is 2. The molecule has 0 aromatic heterocycles. The second-order valence-electron chi connectivity index (χ2n) is 6.13. The van der Waals surface area contributed by atoms with E-state index in [2.05, 4.69) is 17.7 Å². The highest BCUT2D eigenvalue weighted by Crippen LogP contribution is 2.35. The Morgan fingerprint density at radius 2 is 1.64 bits per heavy atom. The third-order valence-electron chi connectivity index (χ3n) is 3.95. The lowest BCUT2D eigenvalue weighted by Crippen LogP contribution is -2.33. The normalized spacial score (nSPS) is 11.3. The summed E-state index contributed by atoms with van der Waals surface area (Å²) in [7, 11) is -4.32. The topological polar surface area (TPSA) is 87.1 Å². The molecular weight excluding hydrogens is 341 g/mol. The minimum atomic E-state index is -4.32. The van der Waals surface area contributed by atoms with Gasteiger partial charge in [-0.1, -0.05) is 51.7 Å². The number of carbonyl (C=O) groups excluding carboxylic acids is 1. The molecule has 0 atom stereocenters. The summed E-state index contributed by atoms with van der Waals surface area (Å²) in [5, 5.41) is 0. The fourth-order valence-electron chi connectivity index (χ4n) is 2.41. The second-order valence-corrected chi connectivity index (χ2v) is 7.36. The highest BCUT2D eigenvalue weighted by atomic mass is 31.2. The van der Waals surface area contributed by atoms with Crippen LogP contribution in [0.1, 0.15) is 64.7 Å². The predicted molar refractivity (Wildman–Crippen MR) is 101 cm³/mol. The number of phosphoric acid groups is 1. The average molecular weight is 375 g/mol. The van der Waals surface area contributed by atoms with Crippen LogP contribution < -0.4 is 0 Å². The lowest BCUT2D eigenvalue weighted by molar-refractivity contribution is -0.127. The van der Waals surface area contributed by atoms with Gasteiger partial charge in [0.05, 0.1) is 6.61 Å². The zero-order valence-electron chi connectivity index (χ0n) is 15.5. The zero-order chi connectivity index (χ0) is 19.1. The Morgan fingerprint density at radius 3 is 2.16 bits per heavy atom. The fourth-order valence-corrected chi connectivity index (χ4v) is 2.78. The SMILES string of the molecule is C=CCCN(CCCCCCCCCOP(=O)(O)O)C(=O)C(=C)CC. The number of nitrogens with zero attached hydrogens (tertiary/aromatic N) is 1. The van der Waals surface area contributed by atoms with Crippen molar-refractivity contribution in [3.05, 3.63) is 24.8 Å². The molecule has 0 aliphatic carbocycles. The number of rotatable bonds is 16. The van der Waals surface area contributed by atoms with E-state index >= 15 is 0 Å². The van der Waals surface area contributed by atoms with E-state index in [4.69, 9.17) is 9.79 Å². The molecule has 0 spiro atoms. The molecule has 0 aromatic rings. The largest absolute Gasteiger partial charge is 0.469 e. The quantitative estimate of drug-likeness (QED) is 0.183. The predicted octanol–water partition coefficient (Wildman–Crippen LogP) is 4.20. The van der Waals surface area contributed by atoms with E-state index in [1.807, 2.05) is 17.9 Å². The van der Waals surface area contributed by atoms with Crippen molar-refractivity contribution < 1.29 is 23.7 Å². The van der Waals surface area contributed by atoms with E-state index in [9.17, 15) is 9.36 Å². The molecule has 0 fully saturated rings. The third kappa shape index (κ3) is 14.0. The molecule has 0 rings (SSSR count). The highest BCUT2D eigenvalue weighted by Gasteiger charge is 2.14. The van der Waals surface area contributed by atoms with Gasteiger partial charge in [-0.3, -0.25) is 9.32 Å². The van der Waals surface area contributed by atoms with Crippen molar-refractivity contribution in [1.82, 2.24) is 4.90 Å². The summed E-state index contributed by atoms with van der Waals surface area (Å²) in [6.07, 6.45) is 10.1. The molecule has 0 aliphatic heterocycles. The Morgan fingerprint density at radius 1 is 1.08 bits per heavy atom. The van der Waals surface area contributed by atoms with Crippen molar-refractivity contribution in [3.8, 4) is 0 Å². The third-order valence-corrected chi connectivity index (χ3v) is 4.47. The minimum absolute atomic E-state index is 0.0504. The van der Waals surface area contributed by atoms with Crippen molar-refractivity contribution in [2.45, 2.75) is 64.7 Å². The summed E-state index contributed by atoms with van der Waals surface area (Å²) in [4.78, 5) is 31.2. The van der Waals surface area contributed by atoms with Gasteiger partial charge in [0, 0.05) is 18.7 Å². The first kappa shape index (κ1) is 24.1. The number of phosphoric ester groups is 1. The summed E-state index contributed by atoms with van der Waals surface area (Å²) < 4.78 is 14.9. The van der Waals surface area contributed by atoms with Crippen LogP contribution in [0.2, 0.25) is 0 Å². The standard InChI is InChI=1S/C18H34NO5P/c1-4-6-14-19(18(20)17(3)5-2)15-12-10-8-7-9-11-13-16-24-25(21,22)23/h4H,1,3,5-16H2,2H3,(H2,21,22,23). The Hall–Kier alpha value is -0.940. The lowest BCUT2D eigenvalue weighted by atomic mass is 10.1. The summed E-state index contributed by atoms with van der Waals surface area (Å²) in [5.74, 6) is 0.0504. The smallest absolute Gasteiger partial charge is 0.339 e.